The van der Waals surface area contributed by atoms with E-state index in [4.69, 9.17) is 19.4 Å². The number of benzene rings is 2. The fourth-order valence-electron chi connectivity index (χ4n) is 5.18. The van der Waals surface area contributed by atoms with Crippen LogP contribution in [0.4, 0.5) is 0 Å². The molecular formula is C38H36N2O4S3. The fourth-order valence-corrected chi connectivity index (χ4v) is 8.71. The summed E-state index contributed by atoms with van der Waals surface area (Å²) in [6, 6.07) is 23.3. The first kappa shape index (κ1) is 32.7. The van der Waals surface area contributed by atoms with Crippen molar-refractivity contribution >= 4 is 57.0 Å². The van der Waals surface area contributed by atoms with Crippen LogP contribution in [0.5, 0.6) is 0 Å². The molecule has 0 bridgehead atoms. The summed E-state index contributed by atoms with van der Waals surface area (Å²) < 4.78 is 9.86. The number of methoxy groups -OCH3 is 2. The topological polar surface area (TPSA) is 78.4 Å². The average Bonchev–Trinajstić information content (AvgIpc) is 3.82. The van der Waals surface area contributed by atoms with Crippen LogP contribution in [0.3, 0.4) is 0 Å². The van der Waals surface area contributed by atoms with Gasteiger partial charge in [0.1, 0.15) is 11.0 Å². The Kier molecular flexibility index (Phi) is 8.67. The zero-order chi connectivity index (χ0) is 33.7. The van der Waals surface area contributed by atoms with Gasteiger partial charge in [0.05, 0.1) is 46.5 Å². The van der Waals surface area contributed by atoms with Crippen LogP contribution in [0.2, 0.25) is 0 Å². The molecule has 0 amide bonds. The van der Waals surface area contributed by atoms with Gasteiger partial charge in [0.2, 0.25) is 0 Å². The Morgan fingerprint density at radius 3 is 1.19 bits per heavy atom. The lowest BCUT2D eigenvalue weighted by Crippen LogP contribution is -2.07. The van der Waals surface area contributed by atoms with E-state index in [2.05, 4.69) is 65.8 Å². The monoisotopic (exact) mass is 680 g/mol. The van der Waals surface area contributed by atoms with Gasteiger partial charge in [-0.15, -0.1) is 34.0 Å². The number of fused-ring (bicyclic) bond motifs is 1. The molecule has 0 saturated heterocycles. The molecule has 9 heteroatoms. The summed E-state index contributed by atoms with van der Waals surface area (Å²) in [6.07, 6.45) is 0. The molecule has 2 aromatic carbocycles. The highest BCUT2D eigenvalue weighted by molar-refractivity contribution is 7.28. The second-order valence-electron chi connectivity index (χ2n) is 13.3. The number of thiophene rings is 3. The largest absolute Gasteiger partial charge is 0.465 e. The van der Waals surface area contributed by atoms with Crippen LogP contribution in [-0.4, -0.2) is 36.1 Å². The molecule has 0 unspecified atom stereocenters. The minimum atomic E-state index is -0.403. The fraction of sp³-hybridized carbons (Fsp3) is 0.263. The van der Waals surface area contributed by atoms with E-state index in [0.29, 0.717) is 22.5 Å². The van der Waals surface area contributed by atoms with E-state index in [9.17, 15) is 9.59 Å². The van der Waals surface area contributed by atoms with Crippen molar-refractivity contribution in [3.8, 4) is 42.0 Å². The lowest BCUT2D eigenvalue weighted by molar-refractivity contribution is 0.0592. The number of hydrogen-bond acceptors (Lipinski definition) is 9. The third-order valence-corrected chi connectivity index (χ3v) is 12.4. The van der Waals surface area contributed by atoms with Crippen LogP contribution < -0.4 is 0 Å². The standard InChI is InChI=1S/C38H36N2O4S3/c1-37(2,3)27-19-17-25(45-27)33-31-32(34(47-33)26-18-20-28(46-26)38(4,5)6)40-30(22-11-15-24(16-12-22)36(42)44-8)29(39-31)21-9-13-23(14-10-21)35(41)43-7/h9-20H,1-8H3. The number of hydrogen-bond donors (Lipinski definition) is 0. The average molecular weight is 681 g/mol. The summed E-state index contributed by atoms with van der Waals surface area (Å²) in [4.78, 5) is 42.3. The molecule has 6 nitrogen and oxygen atoms in total. The minimum Gasteiger partial charge on any atom is -0.465 e. The Morgan fingerprint density at radius 2 is 0.894 bits per heavy atom. The van der Waals surface area contributed by atoms with Crippen molar-refractivity contribution in [3.63, 3.8) is 0 Å². The van der Waals surface area contributed by atoms with E-state index in [0.717, 1.165) is 41.7 Å². The van der Waals surface area contributed by atoms with Crippen LogP contribution in [0.15, 0.2) is 72.8 Å². The minimum absolute atomic E-state index is 0.0237. The van der Waals surface area contributed by atoms with Gasteiger partial charge in [-0.2, -0.15) is 0 Å². The summed E-state index contributed by atoms with van der Waals surface area (Å²) in [5.74, 6) is -0.807. The third kappa shape index (κ3) is 6.40. The molecule has 240 valence electrons. The Balaban J connectivity index is 1.64. The first-order chi connectivity index (χ1) is 22.3. The normalized spacial score (nSPS) is 12.0. The van der Waals surface area contributed by atoms with Gasteiger partial charge in [-0.05, 0) is 59.4 Å². The molecule has 0 atom stereocenters. The highest BCUT2D eigenvalue weighted by Gasteiger charge is 2.26. The predicted octanol–water partition coefficient (Wildman–Crippen LogP) is 10.7. The van der Waals surface area contributed by atoms with E-state index < -0.39 is 11.9 Å². The van der Waals surface area contributed by atoms with Gasteiger partial charge in [0.25, 0.3) is 0 Å². The predicted molar refractivity (Wildman–Crippen MR) is 195 cm³/mol. The molecule has 0 N–H and O–H groups in total. The molecule has 6 aromatic rings. The van der Waals surface area contributed by atoms with Crippen molar-refractivity contribution in [1.29, 1.82) is 0 Å². The van der Waals surface area contributed by atoms with Crippen molar-refractivity contribution in [2.75, 3.05) is 14.2 Å². The molecule has 4 aromatic heterocycles. The first-order valence-corrected chi connectivity index (χ1v) is 17.7. The summed E-state index contributed by atoms with van der Waals surface area (Å²) in [7, 11) is 2.74. The molecule has 0 aliphatic carbocycles. The highest BCUT2D eigenvalue weighted by atomic mass is 32.1. The maximum absolute atomic E-state index is 12.2. The molecule has 0 aliphatic rings. The lowest BCUT2D eigenvalue weighted by atomic mass is 9.95. The smallest absolute Gasteiger partial charge is 0.337 e. The van der Waals surface area contributed by atoms with Crippen LogP contribution in [0, 0.1) is 0 Å². The second-order valence-corrected chi connectivity index (χ2v) is 16.5. The molecule has 4 heterocycles. The van der Waals surface area contributed by atoms with E-state index in [1.807, 2.05) is 24.3 Å². The van der Waals surface area contributed by atoms with Gasteiger partial charge < -0.3 is 9.47 Å². The molecule has 0 spiro atoms. The van der Waals surface area contributed by atoms with Crippen molar-refractivity contribution < 1.29 is 19.1 Å². The van der Waals surface area contributed by atoms with Gasteiger partial charge in [0, 0.05) is 30.6 Å². The highest BCUT2D eigenvalue weighted by Crippen LogP contribution is 2.49. The summed E-state index contributed by atoms with van der Waals surface area (Å²) >= 11 is 5.31. The number of carbonyl (C=O) groups excluding carboxylic acids is 2. The molecule has 0 radical (unpaired) electrons. The summed E-state index contributed by atoms with van der Waals surface area (Å²) in [6.45, 7) is 13.4. The molecule has 0 saturated carbocycles. The lowest BCUT2D eigenvalue weighted by Gasteiger charge is -2.15. The van der Waals surface area contributed by atoms with Crippen LogP contribution in [0.1, 0.15) is 72.0 Å². The van der Waals surface area contributed by atoms with Crippen molar-refractivity contribution in [2.24, 2.45) is 0 Å². The Hall–Kier alpha value is -4.18. The van der Waals surface area contributed by atoms with Gasteiger partial charge in [-0.25, -0.2) is 19.6 Å². The SMILES string of the molecule is COC(=O)c1ccc(-c2nc3c(-c4ccc(C(C)(C)C)s4)sc(-c4ccc(C(C)(C)C)s4)c3nc2-c2ccc(C(=O)OC)cc2)cc1. The van der Waals surface area contributed by atoms with Crippen LogP contribution in [0.25, 0.3) is 53.1 Å². The zero-order valence-electron chi connectivity index (χ0n) is 27.7. The van der Waals surface area contributed by atoms with Gasteiger partial charge in [-0.1, -0.05) is 65.8 Å². The Morgan fingerprint density at radius 1 is 0.532 bits per heavy atom. The Labute approximate surface area is 287 Å². The number of ether oxygens (including phenoxy) is 2. The first-order valence-electron chi connectivity index (χ1n) is 15.2. The number of esters is 2. The molecule has 6 rings (SSSR count). The number of nitrogens with zero attached hydrogens (tertiary/aromatic N) is 2. The van der Waals surface area contributed by atoms with E-state index in [1.54, 1.807) is 58.3 Å². The van der Waals surface area contributed by atoms with Gasteiger partial charge in [-0.3, -0.25) is 0 Å². The number of aromatic nitrogens is 2. The van der Waals surface area contributed by atoms with Crippen LogP contribution in [-0.2, 0) is 20.3 Å². The number of rotatable bonds is 6. The van der Waals surface area contributed by atoms with Crippen molar-refractivity contribution in [1.82, 2.24) is 9.97 Å². The van der Waals surface area contributed by atoms with E-state index in [-0.39, 0.29) is 10.8 Å². The Bertz CT molecular complexity index is 1960. The molecular weight excluding hydrogens is 645 g/mol. The summed E-state index contributed by atoms with van der Waals surface area (Å²) in [5, 5.41) is 0. The van der Waals surface area contributed by atoms with Gasteiger partial charge >= 0.3 is 11.9 Å². The quantitative estimate of drug-likeness (QED) is 0.163. The van der Waals surface area contributed by atoms with Crippen molar-refractivity contribution in [2.45, 2.75) is 52.4 Å². The van der Waals surface area contributed by atoms with Crippen LogP contribution >= 0.6 is 34.0 Å². The van der Waals surface area contributed by atoms with Crippen molar-refractivity contribution in [3.05, 3.63) is 93.7 Å². The molecule has 0 aliphatic heterocycles. The maximum Gasteiger partial charge on any atom is 0.337 e. The molecule has 0 fully saturated rings. The molecule has 47 heavy (non-hydrogen) atoms. The zero-order valence-corrected chi connectivity index (χ0v) is 30.1. The van der Waals surface area contributed by atoms with E-state index in [1.165, 1.54) is 24.0 Å². The second kappa shape index (κ2) is 12.4. The van der Waals surface area contributed by atoms with E-state index >= 15 is 0 Å². The van der Waals surface area contributed by atoms with Gasteiger partial charge in [0.15, 0.2) is 0 Å². The number of carbonyl (C=O) groups is 2. The summed E-state index contributed by atoms with van der Waals surface area (Å²) in [5.41, 5.74) is 5.60. The third-order valence-electron chi connectivity index (χ3n) is 7.83. The maximum atomic E-state index is 12.2.